The molecule has 1 atom stereocenters. The monoisotopic (exact) mass is 382 g/mol. The molecule has 1 amide bonds. The smallest absolute Gasteiger partial charge is 0.226 e. The van der Waals surface area contributed by atoms with E-state index in [0.717, 1.165) is 44.6 Å². The molecule has 3 rings (SSSR count). The molecule has 0 spiro atoms. The average molecular weight is 383 g/mol. The standard InChI is InChI=1S/C24H31FN2O/c1-3-24(28)27(23-7-5-4-6-8-23)18-19(2)26-15-13-21(14-16-26)17-20-9-11-22(25)12-10-20/h4-12,19,21H,3,13-18H2,1-2H3. The Labute approximate surface area is 168 Å². The molecule has 1 aliphatic rings. The van der Waals surface area contributed by atoms with Gasteiger partial charge in [-0.15, -0.1) is 0 Å². The molecule has 3 nitrogen and oxygen atoms in total. The molecule has 0 N–H and O–H groups in total. The molecular weight excluding hydrogens is 351 g/mol. The summed E-state index contributed by atoms with van der Waals surface area (Å²) in [6.07, 6.45) is 3.83. The second-order valence-electron chi connectivity index (χ2n) is 7.85. The van der Waals surface area contributed by atoms with Gasteiger partial charge in [-0.25, -0.2) is 4.39 Å². The second-order valence-corrected chi connectivity index (χ2v) is 7.85. The van der Waals surface area contributed by atoms with E-state index in [2.05, 4.69) is 11.8 Å². The third-order valence-electron chi connectivity index (χ3n) is 5.83. The molecule has 1 aliphatic heterocycles. The maximum atomic E-state index is 13.1. The summed E-state index contributed by atoms with van der Waals surface area (Å²) in [5.41, 5.74) is 2.20. The predicted molar refractivity (Wildman–Crippen MR) is 113 cm³/mol. The number of halogens is 1. The van der Waals surface area contributed by atoms with Gasteiger partial charge in [-0.1, -0.05) is 37.3 Å². The highest BCUT2D eigenvalue weighted by atomic mass is 19.1. The van der Waals surface area contributed by atoms with Crippen molar-refractivity contribution in [1.29, 1.82) is 0 Å². The molecule has 1 saturated heterocycles. The van der Waals surface area contributed by atoms with Crippen molar-refractivity contribution >= 4 is 11.6 Å². The Hall–Kier alpha value is -2.20. The van der Waals surface area contributed by atoms with Crippen LogP contribution in [0.4, 0.5) is 10.1 Å². The lowest BCUT2D eigenvalue weighted by Crippen LogP contribution is -2.47. The van der Waals surface area contributed by atoms with Gasteiger partial charge in [0.25, 0.3) is 0 Å². The molecule has 0 radical (unpaired) electrons. The maximum absolute atomic E-state index is 13.1. The molecule has 0 saturated carbocycles. The zero-order chi connectivity index (χ0) is 19.9. The van der Waals surface area contributed by atoms with Gasteiger partial charge in [-0.2, -0.15) is 0 Å². The highest BCUT2D eigenvalue weighted by Gasteiger charge is 2.25. The number of carbonyl (C=O) groups is 1. The molecule has 2 aromatic carbocycles. The second kappa shape index (κ2) is 9.83. The fourth-order valence-corrected chi connectivity index (χ4v) is 4.08. The van der Waals surface area contributed by atoms with E-state index in [1.807, 2.05) is 54.3 Å². The van der Waals surface area contributed by atoms with Gasteiger partial charge in [0.1, 0.15) is 5.82 Å². The lowest BCUT2D eigenvalue weighted by molar-refractivity contribution is -0.118. The number of amides is 1. The molecule has 1 unspecified atom stereocenters. The Morgan fingerprint density at radius 1 is 1.11 bits per heavy atom. The minimum absolute atomic E-state index is 0.169. The minimum atomic E-state index is -0.169. The summed E-state index contributed by atoms with van der Waals surface area (Å²) in [5, 5.41) is 0. The van der Waals surface area contributed by atoms with Crippen molar-refractivity contribution in [3.63, 3.8) is 0 Å². The van der Waals surface area contributed by atoms with E-state index in [4.69, 9.17) is 0 Å². The third kappa shape index (κ3) is 5.41. The Balaban J connectivity index is 1.54. The molecule has 4 heteroatoms. The molecule has 28 heavy (non-hydrogen) atoms. The van der Waals surface area contributed by atoms with Crippen molar-refractivity contribution in [1.82, 2.24) is 4.90 Å². The Morgan fingerprint density at radius 2 is 1.75 bits per heavy atom. The van der Waals surface area contributed by atoms with Crippen LogP contribution in [0.2, 0.25) is 0 Å². The summed E-state index contributed by atoms with van der Waals surface area (Å²) in [4.78, 5) is 16.9. The maximum Gasteiger partial charge on any atom is 0.226 e. The third-order valence-corrected chi connectivity index (χ3v) is 5.83. The first-order valence-corrected chi connectivity index (χ1v) is 10.4. The van der Waals surface area contributed by atoms with Crippen LogP contribution in [0.3, 0.4) is 0 Å². The number of hydrogen-bond acceptors (Lipinski definition) is 2. The molecule has 1 fully saturated rings. The van der Waals surface area contributed by atoms with Crippen molar-refractivity contribution in [3.05, 3.63) is 66.0 Å². The molecule has 0 aliphatic carbocycles. The highest BCUT2D eigenvalue weighted by Crippen LogP contribution is 2.24. The van der Waals surface area contributed by atoms with Crippen molar-refractivity contribution in [2.24, 2.45) is 5.92 Å². The van der Waals surface area contributed by atoms with Crippen molar-refractivity contribution in [2.75, 3.05) is 24.5 Å². The van der Waals surface area contributed by atoms with Gasteiger partial charge >= 0.3 is 0 Å². The molecule has 0 aromatic heterocycles. The van der Waals surface area contributed by atoms with Gasteiger partial charge in [0.05, 0.1) is 0 Å². The van der Waals surface area contributed by atoms with Crippen LogP contribution < -0.4 is 4.90 Å². The van der Waals surface area contributed by atoms with Gasteiger partial charge < -0.3 is 4.90 Å². The summed E-state index contributed by atoms with van der Waals surface area (Å²) in [5.74, 6) is 0.651. The molecular formula is C24H31FN2O. The molecule has 1 heterocycles. The van der Waals surface area contributed by atoms with Crippen LogP contribution >= 0.6 is 0 Å². The molecule has 150 valence electrons. The van der Waals surface area contributed by atoms with E-state index in [-0.39, 0.29) is 11.7 Å². The topological polar surface area (TPSA) is 23.6 Å². The van der Waals surface area contributed by atoms with Crippen molar-refractivity contribution in [2.45, 2.75) is 45.6 Å². The van der Waals surface area contributed by atoms with E-state index in [1.165, 1.54) is 5.56 Å². The van der Waals surface area contributed by atoms with Crippen molar-refractivity contribution < 1.29 is 9.18 Å². The first-order valence-electron chi connectivity index (χ1n) is 10.4. The van der Waals surface area contributed by atoms with Crippen molar-refractivity contribution in [3.8, 4) is 0 Å². The summed E-state index contributed by atoms with van der Waals surface area (Å²) in [7, 11) is 0. The lowest BCUT2D eigenvalue weighted by atomic mass is 9.89. The summed E-state index contributed by atoms with van der Waals surface area (Å²) in [6.45, 7) is 6.97. The van der Waals surface area contributed by atoms with Crippen LogP contribution in [-0.2, 0) is 11.2 Å². The number of carbonyl (C=O) groups excluding carboxylic acids is 1. The molecule has 2 aromatic rings. The number of nitrogens with zero attached hydrogens (tertiary/aromatic N) is 2. The zero-order valence-electron chi connectivity index (χ0n) is 17.0. The summed E-state index contributed by atoms with van der Waals surface area (Å²) >= 11 is 0. The SMILES string of the molecule is CCC(=O)N(CC(C)N1CCC(Cc2ccc(F)cc2)CC1)c1ccccc1. The van der Waals surface area contributed by atoms with Gasteiger partial charge in [0.2, 0.25) is 5.91 Å². The van der Waals surface area contributed by atoms with Gasteiger partial charge in [0, 0.05) is 24.7 Å². The van der Waals surface area contributed by atoms with Crippen LogP contribution in [0.15, 0.2) is 54.6 Å². The van der Waals surface area contributed by atoms with Gasteiger partial charge in [-0.3, -0.25) is 9.69 Å². The van der Waals surface area contributed by atoms with Crippen LogP contribution in [0.1, 0.15) is 38.7 Å². The predicted octanol–water partition coefficient (Wildman–Crippen LogP) is 4.91. The summed E-state index contributed by atoms with van der Waals surface area (Å²) in [6, 6.07) is 17.2. The normalized spacial score (nSPS) is 16.7. The van der Waals surface area contributed by atoms with Crippen LogP contribution in [0.5, 0.6) is 0 Å². The van der Waals surface area contributed by atoms with E-state index < -0.39 is 0 Å². The average Bonchev–Trinajstić information content (AvgIpc) is 2.74. The van der Waals surface area contributed by atoms with Crippen LogP contribution in [0, 0.1) is 11.7 Å². The van der Waals surface area contributed by atoms with E-state index in [9.17, 15) is 9.18 Å². The van der Waals surface area contributed by atoms with Gasteiger partial charge in [0.15, 0.2) is 0 Å². The Bertz CT molecular complexity index is 739. The quantitative estimate of drug-likeness (QED) is 0.679. The lowest BCUT2D eigenvalue weighted by Gasteiger charge is -2.38. The van der Waals surface area contributed by atoms with E-state index >= 15 is 0 Å². The number of likely N-dealkylation sites (tertiary alicyclic amines) is 1. The van der Waals surface area contributed by atoms with Crippen LogP contribution in [-0.4, -0.2) is 36.5 Å². The summed E-state index contributed by atoms with van der Waals surface area (Å²) < 4.78 is 13.1. The zero-order valence-corrected chi connectivity index (χ0v) is 17.0. The van der Waals surface area contributed by atoms with E-state index in [1.54, 1.807) is 12.1 Å². The minimum Gasteiger partial charge on any atom is -0.311 e. The number of benzene rings is 2. The Kier molecular flexibility index (Phi) is 7.21. The van der Waals surface area contributed by atoms with Gasteiger partial charge in [-0.05, 0) is 75.0 Å². The Morgan fingerprint density at radius 3 is 2.36 bits per heavy atom. The number of rotatable bonds is 7. The number of anilines is 1. The fourth-order valence-electron chi connectivity index (χ4n) is 4.08. The van der Waals surface area contributed by atoms with E-state index in [0.29, 0.717) is 18.4 Å². The number of piperidine rings is 1. The largest absolute Gasteiger partial charge is 0.311 e. The first kappa shape index (κ1) is 20.5. The fraction of sp³-hybridized carbons (Fsp3) is 0.458. The number of hydrogen-bond donors (Lipinski definition) is 0. The highest BCUT2D eigenvalue weighted by molar-refractivity contribution is 5.93. The van der Waals surface area contributed by atoms with Crippen LogP contribution in [0.25, 0.3) is 0 Å². The number of para-hydroxylation sites is 1. The first-order chi connectivity index (χ1) is 13.6. The molecule has 0 bridgehead atoms.